The summed E-state index contributed by atoms with van der Waals surface area (Å²) in [6.45, 7) is 0.466. The number of benzene rings is 1. The smallest absolute Gasteiger partial charge is 0.358 e. The zero-order valence-corrected chi connectivity index (χ0v) is 11.6. The van der Waals surface area contributed by atoms with Crippen LogP contribution in [0.1, 0.15) is 11.1 Å². The summed E-state index contributed by atoms with van der Waals surface area (Å²) in [6, 6.07) is 8.52. The van der Waals surface area contributed by atoms with E-state index in [-0.39, 0.29) is 10.8 Å². The first kappa shape index (κ1) is 15.2. The third kappa shape index (κ3) is 4.71. The zero-order valence-electron chi connectivity index (χ0n) is 10.8. The molecule has 7 heteroatoms. The molecule has 2 aromatic rings. The van der Waals surface area contributed by atoms with Crippen molar-refractivity contribution >= 4 is 23.0 Å². The Morgan fingerprint density at radius 3 is 2.52 bits per heavy atom. The van der Waals surface area contributed by atoms with E-state index in [0.717, 1.165) is 17.7 Å². The lowest BCUT2D eigenvalue weighted by Crippen LogP contribution is -2.28. The van der Waals surface area contributed by atoms with Gasteiger partial charge in [0.2, 0.25) is 0 Å². The highest BCUT2D eigenvalue weighted by atomic mass is 32.1. The number of rotatable bonds is 3. The van der Waals surface area contributed by atoms with Gasteiger partial charge >= 0.3 is 6.18 Å². The molecule has 3 nitrogen and oxygen atoms in total. The van der Waals surface area contributed by atoms with Crippen LogP contribution in [0.2, 0.25) is 0 Å². The second-order valence-corrected chi connectivity index (χ2v) is 4.65. The van der Waals surface area contributed by atoms with Gasteiger partial charge < -0.3 is 10.6 Å². The molecule has 0 amide bonds. The number of thiocarbonyl (C=S) groups is 1. The van der Waals surface area contributed by atoms with Crippen molar-refractivity contribution in [2.75, 3.05) is 5.32 Å². The average molecular weight is 311 g/mol. The topological polar surface area (TPSA) is 37.0 Å². The molecule has 2 N–H and O–H groups in total. The second-order valence-electron chi connectivity index (χ2n) is 4.24. The molecule has 0 aliphatic heterocycles. The molecule has 0 radical (unpaired) electrons. The maximum Gasteiger partial charge on any atom is 0.416 e. The van der Waals surface area contributed by atoms with Gasteiger partial charge in [0, 0.05) is 24.6 Å². The fourth-order valence-electron chi connectivity index (χ4n) is 1.63. The van der Waals surface area contributed by atoms with Gasteiger partial charge in [-0.3, -0.25) is 4.98 Å². The molecule has 0 saturated carbocycles. The van der Waals surface area contributed by atoms with Crippen LogP contribution >= 0.6 is 12.2 Å². The summed E-state index contributed by atoms with van der Waals surface area (Å²) in [5, 5.41) is 5.90. The standard InChI is InChI=1S/C14H12F3N3S/c15-14(16,17)11-2-1-3-12(8-11)20-13(21)19-9-10-4-6-18-7-5-10/h1-8H,9H2,(H2,19,20,21). The number of anilines is 1. The van der Waals surface area contributed by atoms with Gasteiger partial charge in [0.05, 0.1) is 5.56 Å². The van der Waals surface area contributed by atoms with Crippen LogP contribution in [0.3, 0.4) is 0 Å². The quantitative estimate of drug-likeness (QED) is 0.850. The lowest BCUT2D eigenvalue weighted by Gasteiger charge is -2.12. The van der Waals surface area contributed by atoms with Gasteiger partial charge in [0.1, 0.15) is 0 Å². The summed E-state index contributed by atoms with van der Waals surface area (Å²) in [7, 11) is 0. The highest BCUT2D eigenvalue weighted by Crippen LogP contribution is 2.30. The maximum absolute atomic E-state index is 12.6. The molecule has 0 aliphatic carbocycles. The molecule has 21 heavy (non-hydrogen) atoms. The van der Waals surface area contributed by atoms with Crippen LogP contribution in [-0.4, -0.2) is 10.1 Å². The number of halogens is 3. The lowest BCUT2D eigenvalue weighted by atomic mass is 10.2. The molecular formula is C14H12F3N3S. The van der Waals surface area contributed by atoms with Crippen LogP contribution in [0.15, 0.2) is 48.8 Å². The van der Waals surface area contributed by atoms with E-state index in [1.807, 2.05) is 12.1 Å². The summed E-state index contributed by atoms with van der Waals surface area (Å²) in [4.78, 5) is 3.89. The largest absolute Gasteiger partial charge is 0.416 e. The lowest BCUT2D eigenvalue weighted by molar-refractivity contribution is -0.137. The fraction of sp³-hybridized carbons (Fsp3) is 0.143. The first-order valence-corrected chi connectivity index (χ1v) is 6.47. The van der Waals surface area contributed by atoms with Crippen LogP contribution < -0.4 is 10.6 Å². The molecule has 1 aromatic carbocycles. The number of pyridine rings is 1. The molecule has 0 unspecified atom stereocenters. The molecule has 0 fully saturated rings. The van der Waals surface area contributed by atoms with E-state index < -0.39 is 11.7 Å². The van der Waals surface area contributed by atoms with Crippen molar-refractivity contribution in [2.45, 2.75) is 12.7 Å². The molecule has 0 spiro atoms. The molecule has 110 valence electrons. The Morgan fingerprint density at radius 1 is 1.14 bits per heavy atom. The SMILES string of the molecule is FC(F)(F)c1cccc(NC(=S)NCc2ccncc2)c1. The highest BCUT2D eigenvalue weighted by molar-refractivity contribution is 7.80. The highest BCUT2D eigenvalue weighted by Gasteiger charge is 2.30. The number of hydrogen-bond acceptors (Lipinski definition) is 2. The Hall–Kier alpha value is -2.15. The summed E-state index contributed by atoms with van der Waals surface area (Å²) in [5.41, 5.74) is 0.541. The number of alkyl halides is 3. The van der Waals surface area contributed by atoms with E-state index >= 15 is 0 Å². The molecular weight excluding hydrogens is 299 g/mol. The van der Waals surface area contributed by atoms with Gasteiger partial charge in [0.15, 0.2) is 5.11 Å². The molecule has 0 saturated heterocycles. The van der Waals surface area contributed by atoms with Crippen molar-refractivity contribution in [3.8, 4) is 0 Å². The van der Waals surface area contributed by atoms with Crippen molar-refractivity contribution in [1.82, 2.24) is 10.3 Å². The Morgan fingerprint density at radius 2 is 1.86 bits per heavy atom. The molecule has 0 aliphatic rings. The van der Waals surface area contributed by atoms with Crippen LogP contribution in [0.5, 0.6) is 0 Å². The van der Waals surface area contributed by atoms with Gasteiger partial charge in [0.25, 0.3) is 0 Å². The van der Waals surface area contributed by atoms with E-state index in [9.17, 15) is 13.2 Å². The number of nitrogens with zero attached hydrogens (tertiary/aromatic N) is 1. The van der Waals surface area contributed by atoms with E-state index in [1.165, 1.54) is 12.1 Å². The second kappa shape index (κ2) is 6.53. The first-order chi connectivity index (χ1) is 9.95. The predicted molar refractivity (Wildman–Crippen MR) is 78.7 cm³/mol. The van der Waals surface area contributed by atoms with E-state index in [4.69, 9.17) is 12.2 Å². The predicted octanol–water partition coefficient (Wildman–Crippen LogP) is 3.59. The third-order valence-corrected chi connectivity index (χ3v) is 2.90. The normalized spacial score (nSPS) is 11.0. The van der Waals surface area contributed by atoms with Gasteiger partial charge in [-0.1, -0.05) is 6.07 Å². The fourth-order valence-corrected chi connectivity index (χ4v) is 1.82. The average Bonchev–Trinajstić information content (AvgIpc) is 2.46. The van der Waals surface area contributed by atoms with Crippen molar-refractivity contribution in [3.63, 3.8) is 0 Å². The van der Waals surface area contributed by atoms with Crippen molar-refractivity contribution in [1.29, 1.82) is 0 Å². The maximum atomic E-state index is 12.6. The molecule has 1 heterocycles. The van der Waals surface area contributed by atoms with Crippen molar-refractivity contribution in [2.24, 2.45) is 0 Å². The van der Waals surface area contributed by atoms with E-state index in [2.05, 4.69) is 15.6 Å². The number of nitrogens with one attached hydrogen (secondary N) is 2. The van der Waals surface area contributed by atoms with E-state index in [1.54, 1.807) is 12.4 Å². The first-order valence-electron chi connectivity index (χ1n) is 6.06. The minimum atomic E-state index is -4.37. The van der Waals surface area contributed by atoms with Crippen LogP contribution in [0, 0.1) is 0 Å². The Bertz CT molecular complexity index is 614. The van der Waals surface area contributed by atoms with Crippen molar-refractivity contribution < 1.29 is 13.2 Å². The summed E-state index contributed by atoms with van der Waals surface area (Å²) < 4.78 is 37.8. The third-order valence-electron chi connectivity index (χ3n) is 2.65. The van der Waals surface area contributed by atoms with Crippen LogP contribution in [0.4, 0.5) is 18.9 Å². The Balaban J connectivity index is 1.94. The molecule has 0 bridgehead atoms. The minimum absolute atomic E-state index is 0.256. The van der Waals surface area contributed by atoms with Crippen molar-refractivity contribution in [3.05, 3.63) is 59.9 Å². The Labute approximate surface area is 125 Å². The van der Waals surface area contributed by atoms with E-state index in [0.29, 0.717) is 6.54 Å². The number of aromatic nitrogens is 1. The summed E-state index contributed by atoms with van der Waals surface area (Å²) in [5.74, 6) is 0. The van der Waals surface area contributed by atoms with Gasteiger partial charge in [-0.05, 0) is 48.1 Å². The monoisotopic (exact) mass is 311 g/mol. The van der Waals surface area contributed by atoms with Crippen LogP contribution in [-0.2, 0) is 12.7 Å². The van der Waals surface area contributed by atoms with Gasteiger partial charge in [-0.15, -0.1) is 0 Å². The van der Waals surface area contributed by atoms with Gasteiger partial charge in [-0.2, -0.15) is 13.2 Å². The Kier molecular flexibility index (Phi) is 4.74. The molecule has 1 aromatic heterocycles. The molecule has 0 atom stereocenters. The zero-order chi connectivity index (χ0) is 15.3. The summed E-state index contributed by atoms with van der Waals surface area (Å²) in [6.07, 6.45) is -1.07. The molecule has 2 rings (SSSR count). The van der Waals surface area contributed by atoms with Gasteiger partial charge in [-0.25, -0.2) is 0 Å². The summed E-state index contributed by atoms with van der Waals surface area (Å²) >= 11 is 5.05. The van der Waals surface area contributed by atoms with Crippen LogP contribution in [0.25, 0.3) is 0 Å². The minimum Gasteiger partial charge on any atom is -0.358 e. The number of hydrogen-bond donors (Lipinski definition) is 2.